The number of hydrogen-bond donors (Lipinski definition) is 0. The van der Waals surface area contributed by atoms with Gasteiger partial charge in [0.25, 0.3) is 0 Å². The molecular weight excluding hydrogens is 239 g/mol. The second-order valence-electron chi connectivity index (χ2n) is 3.83. The van der Waals surface area contributed by atoms with Gasteiger partial charge in [0.1, 0.15) is 11.5 Å². The van der Waals surface area contributed by atoms with E-state index in [1.165, 1.54) is 12.1 Å². The molecule has 5 heteroatoms. The third-order valence-electron chi connectivity index (χ3n) is 2.41. The second kappa shape index (κ2) is 7.40. The Hall–Kier alpha value is -0.940. The first kappa shape index (κ1) is 14.1. The number of rotatable bonds is 7. The number of hydrogen-bond acceptors (Lipinski definition) is 4. The van der Waals surface area contributed by atoms with Gasteiger partial charge in [-0.05, 0) is 25.4 Å². The summed E-state index contributed by atoms with van der Waals surface area (Å²) in [7, 11) is 1.99. The summed E-state index contributed by atoms with van der Waals surface area (Å²) in [6.45, 7) is 1.67. The number of carbonyl (C=O) groups is 1. The van der Waals surface area contributed by atoms with Crippen LogP contribution in [0, 0.1) is 5.82 Å². The predicted molar refractivity (Wildman–Crippen MR) is 69.0 cm³/mol. The van der Waals surface area contributed by atoms with Crippen LogP contribution in [0.1, 0.15) is 16.9 Å². The average Bonchev–Trinajstić information content (AvgIpc) is 2.34. The van der Waals surface area contributed by atoms with Gasteiger partial charge in [-0.3, -0.25) is 9.78 Å². The largest absolute Gasteiger partial charge is 0.305 e. The van der Waals surface area contributed by atoms with Gasteiger partial charge in [-0.1, -0.05) is 0 Å². The molecule has 0 aliphatic rings. The smallest absolute Gasteiger partial charge is 0.182 e. The van der Waals surface area contributed by atoms with Crippen LogP contribution < -0.4 is 0 Å². The molecule has 1 rings (SSSR count). The minimum atomic E-state index is -0.418. The lowest BCUT2D eigenvalue weighted by atomic mass is 10.2. The van der Waals surface area contributed by atoms with Crippen LogP contribution in [0.25, 0.3) is 0 Å². The van der Waals surface area contributed by atoms with Crippen LogP contribution in [0.15, 0.2) is 18.3 Å². The number of nitrogens with zero attached hydrogens (tertiary/aromatic N) is 2. The molecule has 0 saturated carbocycles. The van der Waals surface area contributed by atoms with Gasteiger partial charge < -0.3 is 4.90 Å². The Morgan fingerprint density at radius 1 is 1.47 bits per heavy atom. The van der Waals surface area contributed by atoms with Gasteiger partial charge in [-0.25, -0.2) is 4.39 Å². The number of ketones is 1. The summed E-state index contributed by atoms with van der Waals surface area (Å²) in [4.78, 5) is 17.6. The molecule has 0 aliphatic heterocycles. The van der Waals surface area contributed by atoms with Crippen molar-refractivity contribution in [2.24, 2.45) is 0 Å². The van der Waals surface area contributed by atoms with E-state index in [1.807, 2.05) is 7.05 Å². The molecule has 0 amide bonds. The number of halogens is 1. The highest BCUT2D eigenvalue weighted by molar-refractivity contribution is 7.98. The van der Waals surface area contributed by atoms with Gasteiger partial charge in [0.15, 0.2) is 5.78 Å². The summed E-state index contributed by atoms with van der Waals surface area (Å²) in [5.74, 6) is 0.596. The number of aromatic nitrogens is 1. The van der Waals surface area contributed by atoms with Gasteiger partial charge in [-0.2, -0.15) is 11.8 Å². The highest BCUT2D eigenvalue weighted by Crippen LogP contribution is 2.03. The van der Waals surface area contributed by atoms with Crippen LogP contribution in [0.2, 0.25) is 0 Å². The molecule has 0 saturated heterocycles. The molecule has 1 heterocycles. The quantitative estimate of drug-likeness (QED) is 0.699. The van der Waals surface area contributed by atoms with Crippen LogP contribution in [-0.4, -0.2) is 47.8 Å². The molecule has 0 bridgehead atoms. The van der Waals surface area contributed by atoms with Gasteiger partial charge in [0.2, 0.25) is 0 Å². The monoisotopic (exact) mass is 256 g/mol. The third-order valence-corrected chi connectivity index (χ3v) is 3.00. The molecule has 1 aromatic heterocycles. The summed E-state index contributed by atoms with van der Waals surface area (Å²) in [6.07, 6.45) is 3.55. The summed E-state index contributed by atoms with van der Waals surface area (Å²) in [6, 6.07) is 2.69. The van der Waals surface area contributed by atoms with Crippen molar-refractivity contribution in [1.29, 1.82) is 0 Å². The molecule has 0 fully saturated rings. The zero-order valence-electron chi connectivity index (χ0n) is 10.1. The fraction of sp³-hybridized carbons (Fsp3) is 0.500. The van der Waals surface area contributed by atoms with E-state index < -0.39 is 5.82 Å². The van der Waals surface area contributed by atoms with E-state index >= 15 is 0 Å². The maximum atomic E-state index is 12.6. The molecular formula is C12H17FN2OS. The molecule has 3 nitrogen and oxygen atoms in total. The number of pyridine rings is 1. The van der Waals surface area contributed by atoms with Crippen molar-refractivity contribution in [3.05, 3.63) is 29.8 Å². The standard InChI is InChI=1S/C12H17FN2OS/c1-15(7-8-17-2)6-5-12(16)11-4-3-10(13)9-14-11/h3-4,9H,5-8H2,1-2H3. The van der Waals surface area contributed by atoms with E-state index in [9.17, 15) is 9.18 Å². The van der Waals surface area contributed by atoms with Gasteiger partial charge in [-0.15, -0.1) is 0 Å². The molecule has 0 N–H and O–H groups in total. The lowest BCUT2D eigenvalue weighted by Crippen LogP contribution is -2.24. The number of carbonyl (C=O) groups excluding carboxylic acids is 1. The maximum Gasteiger partial charge on any atom is 0.182 e. The lowest BCUT2D eigenvalue weighted by molar-refractivity contribution is 0.0965. The summed E-state index contributed by atoms with van der Waals surface area (Å²) < 4.78 is 12.6. The van der Waals surface area contributed by atoms with E-state index in [0.29, 0.717) is 18.7 Å². The minimum Gasteiger partial charge on any atom is -0.305 e. The zero-order chi connectivity index (χ0) is 12.7. The first-order valence-electron chi connectivity index (χ1n) is 5.45. The SMILES string of the molecule is CSCCN(C)CCC(=O)c1ccc(F)cn1. The molecule has 0 atom stereocenters. The first-order valence-corrected chi connectivity index (χ1v) is 6.85. The third kappa shape index (κ3) is 5.28. The van der Waals surface area contributed by atoms with Crippen molar-refractivity contribution < 1.29 is 9.18 Å². The number of thioether (sulfide) groups is 1. The molecule has 0 spiro atoms. The Morgan fingerprint density at radius 2 is 2.24 bits per heavy atom. The topological polar surface area (TPSA) is 33.2 Å². The highest BCUT2D eigenvalue weighted by atomic mass is 32.2. The summed E-state index contributed by atoms with van der Waals surface area (Å²) in [5, 5.41) is 0. The molecule has 94 valence electrons. The van der Waals surface area contributed by atoms with E-state index in [-0.39, 0.29) is 5.78 Å². The Morgan fingerprint density at radius 3 is 2.82 bits per heavy atom. The maximum absolute atomic E-state index is 12.6. The predicted octanol–water partition coefficient (Wildman–Crippen LogP) is 2.09. The van der Waals surface area contributed by atoms with Crippen molar-refractivity contribution in [2.45, 2.75) is 6.42 Å². The Labute approximate surface area is 105 Å². The fourth-order valence-corrected chi connectivity index (χ4v) is 1.81. The van der Waals surface area contributed by atoms with Gasteiger partial charge >= 0.3 is 0 Å². The Balaban J connectivity index is 2.36. The van der Waals surface area contributed by atoms with Crippen molar-refractivity contribution in [3.8, 4) is 0 Å². The van der Waals surface area contributed by atoms with Crippen LogP contribution in [0.3, 0.4) is 0 Å². The van der Waals surface area contributed by atoms with Crippen LogP contribution in [0.4, 0.5) is 4.39 Å². The van der Waals surface area contributed by atoms with Crippen LogP contribution >= 0.6 is 11.8 Å². The molecule has 1 aromatic rings. The van der Waals surface area contributed by atoms with E-state index in [4.69, 9.17) is 0 Å². The second-order valence-corrected chi connectivity index (χ2v) is 4.82. The molecule has 0 unspecified atom stereocenters. The summed E-state index contributed by atoms with van der Waals surface area (Å²) >= 11 is 1.78. The molecule has 17 heavy (non-hydrogen) atoms. The molecule has 0 radical (unpaired) electrons. The van der Waals surface area contributed by atoms with E-state index in [0.717, 1.165) is 18.5 Å². The van der Waals surface area contributed by atoms with Crippen LogP contribution in [-0.2, 0) is 0 Å². The van der Waals surface area contributed by atoms with Crippen molar-refractivity contribution >= 4 is 17.5 Å². The molecule has 0 aromatic carbocycles. The van der Waals surface area contributed by atoms with E-state index in [1.54, 1.807) is 11.8 Å². The summed E-state index contributed by atoms with van der Waals surface area (Å²) in [5.41, 5.74) is 0.338. The highest BCUT2D eigenvalue weighted by Gasteiger charge is 2.08. The Bertz CT molecular complexity index is 356. The number of Topliss-reactive ketones (excluding diaryl/α,β-unsaturated/α-hetero) is 1. The zero-order valence-corrected chi connectivity index (χ0v) is 11.0. The Kier molecular flexibility index (Phi) is 6.15. The van der Waals surface area contributed by atoms with Crippen molar-refractivity contribution in [3.63, 3.8) is 0 Å². The van der Waals surface area contributed by atoms with Crippen molar-refractivity contribution in [2.75, 3.05) is 32.1 Å². The average molecular weight is 256 g/mol. The normalized spacial score (nSPS) is 10.8. The lowest BCUT2D eigenvalue weighted by Gasteiger charge is -2.14. The van der Waals surface area contributed by atoms with Gasteiger partial charge in [0.05, 0.1) is 6.20 Å². The first-order chi connectivity index (χ1) is 8.13. The van der Waals surface area contributed by atoms with Gasteiger partial charge in [0, 0.05) is 25.3 Å². The fourth-order valence-electron chi connectivity index (χ4n) is 1.32. The minimum absolute atomic E-state index is 0.0407. The van der Waals surface area contributed by atoms with E-state index in [2.05, 4.69) is 16.1 Å². The molecule has 0 aliphatic carbocycles. The van der Waals surface area contributed by atoms with Crippen molar-refractivity contribution in [1.82, 2.24) is 9.88 Å². The van der Waals surface area contributed by atoms with Crippen LogP contribution in [0.5, 0.6) is 0 Å².